The van der Waals surface area contributed by atoms with Crippen LogP contribution in [-0.2, 0) is 17.6 Å². The van der Waals surface area contributed by atoms with E-state index in [4.69, 9.17) is 4.74 Å². The van der Waals surface area contributed by atoms with Gasteiger partial charge in [0.15, 0.2) is 0 Å². The molecule has 1 atom stereocenters. The van der Waals surface area contributed by atoms with Gasteiger partial charge < -0.3 is 10.1 Å². The summed E-state index contributed by atoms with van der Waals surface area (Å²) in [6.07, 6.45) is 14.4. The van der Waals surface area contributed by atoms with Crippen molar-refractivity contribution in [2.75, 3.05) is 7.11 Å². The highest BCUT2D eigenvalue weighted by Crippen LogP contribution is 2.36. The first-order chi connectivity index (χ1) is 15.1. The van der Waals surface area contributed by atoms with E-state index >= 15 is 0 Å². The lowest BCUT2D eigenvalue weighted by Crippen LogP contribution is -2.31. The quantitative estimate of drug-likeness (QED) is 0.506. The number of amides is 1. The first-order valence-corrected chi connectivity index (χ1v) is 11.4. The molecule has 2 aromatic rings. The van der Waals surface area contributed by atoms with Crippen LogP contribution < -0.4 is 10.1 Å². The van der Waals surface area contributed by atoms with E-state index in [0.29, 0.717) is 0 Å². The van der Waals surface area contributed by atoms with Crippen LogP contribution in [0.2, 0.25) is 0 Å². The molecule has 0 saturated heterocycles. The standard InChI is InChI=1S/C27H34N2O2/c1-4-7-25-22(11-12-23-18-24(31-3)14-15-26(23)25)13-16-27(30)29-20(2)8-5-9-21-10-6-17-28-19-21/h6,10,13-20H,4-5,7-9,11-12H2,1-3H3,(H,29,30)/b16-13+/t20-/m1/s1. The Morgan fingerprint density at radius 3 is 2.87 bits per heavy atom. The minimum atomic E-state index is -0.0160. The van der Waals surface area contributed by atoms with Gasteiger partial charge in [0.1, 0.15) is 5.75 Å². The van der Waals surface area contributed by atoms with Gasteiger partial charge in [0, 0.05) is 24.5 Å². The van der Waals surface area contributed by atoms with Gasteiger partial charge in [-0.05, 0) is 91.5 Å². The van der Waals surface area contributed by atoms with Gasteiger partial charge in [-0.15, -0.1) is 0 Å². The van der Waals surface area contributed by atoms with E-state index in [1.807, 2.05) is 24.4 Å². The normalized spacial score (nSPS) is 14.4. The molecule has 0 saturated carbocycles. The van der Waals surface area contributed by atoms with Gasteiger partial charge in [-0.2, -0.15) is 0 Å². The Balaban J connectivity index is 1.58. The molecule has 1 N–H and O–H groups in total. The van der Waals surface area contributed by atoms with E-state index in [0.717, 1.165) is 50.7 Å². The number of hydrogen-bond donors (Lipinski definition) is 1. The monoisotopic (exact) mass is 418 g/mol. The molecule has 1 heterocycles. The Morgan fingerprint density at radius 2 is 2.13 bits per heavy atom. The van der Waals surface area contributed by atoms with Gasteiger partial charge >= 0.3 is 0 Å². The fraction of sp³-hybridized carbons (Fsp3) is 0.407. The number of nitrogens with zero attached hydrogens (tertiary/aromatic N) is 1. The maximum atomic E-state index is 12.5. The molecule has 31 heavy (non-hydrogen) atoms. The second-order valence-electron chi connectivity index (χ2n) is 8.27. The average Bonchev–Trinajstić information content (AvgIpc) is 2.79. The Bertz CT molecular complexity index is 932. The van der Waals surface area contributed by atoms with Crippen molar-refractivity contribution in [1.29, 1.82) is 0 Å². The highest BCUT2D eigenvalue weighted by atomic mass is 16.5. The smallest absolute Gasteiger partial charge is 0.244 e. The van der Waals surface area contributed by atoms with Crippen LogP contribution in [0.4, 0.5) is 0 Å². The molecular weight excluding hydrogens is 384 g/mol. The summed E-state index contributed by atoms with van der Waals surface area (Å²) in [6.45, 7) is 4.27. The molecule has 0 fully saturated rings. The van der Waals surface area contributed by atoms with Crippen LogP contribution in [0.5, 0.6) is 5.75 Å². The number of methoxy groups -OCH3 is 1. The van der Waals surface area contributed by atoms with Gasteiger partial charge in [0.25, 0.3) is 0 Å². The third-order valence-corrected chi connectivity index (χ3v) is 5.84. The zero-order valence-corrected chi connectivity index (χ0v) is 19.0. The lowest BCUT2D eigenvalue weighted by atomic mass is 9.83. The molecule has 164 valence electrons. The predicted molar refractivity (Wildman–Crippen MR) is 127 cm³/mol. The maximum absolute atomic E-state index is 12.5. The van der Waals surface area contributed by atoms with E-state index in [2.05, 4.69) is 42.3 Å². The summed E-state index contributed by atoms with van der Waals surface area (Å²) >= 11 is 0. The Morgan fingerprint density at radius 1 is 1.26 bits per heavy atom. The summed E-state index contributed by atoms with van der Waals surface area (Å²) in [5.41, 5.74) is 6.52. The van der Waals surface area contributed by atoms with Crippen LogP contribution in [-0.4, -0.2) is 24.0 Å². The van der Waals surface area contributed by atoms with Crippen molar-refractivity contribution in [2.45, 2.75) is 64.8 Å². The molecule has 0 unspecified atom stereocenters. The second-order valence-corrected chi connectivity index (χ2v) is 8.27. The van der Waals surface area contributed by atoms with E-state index in [1.165, 1.54) is 27.8 Å². The Hall–Kier alpha value is -2.88. The van der Waals surface area contributed by atoms with Crippen LogP contribution in [0.15, 0.2) is 60.5 Å². The number of fused-ring (bicyclic) bond motifs is 1. The number of carbonyl (C=O) groups excluding carboxylic acids is 1. The molecule has 1 amide bonds. The number of aromatic nitrogens is 1. The molecule has 0 aliphatic heterocycles. The summed E-state index contributed by atoms with van der Waals surface area (Å²) in [5.74, 6) is 0.892. The molecule has 1 aromatic carbocycles. The van der Waals surface area contributed by atoms with Crippen molar-refractivity contribution in [3.63, 3.8) is 0 Å². The topological polar surface area (TPSA) is 51.2 Å². The average molecular weight is 419 g/mol. The first kappa shape index (κ1) is 22.8. The highest BCUT2D eigenvalue weighted by molar-refractivity contribution is 5.89. The SMILES string of the molecule is CCCC1=C(/C=C/C(=O)N[C@H](C)CCCc2cccnc2)CCc2cc(OC)ccc21. The van der Waals surface area contributed by atoms with Crippen LogP contribution in [0.25, 0.3) is 5.57 Å². The Kier molecular flexibility index (Phi) is 8.45. The lowest BCUT2D eigenvalue weighted by molar-refractivity contribution is -0.117. The molecule has 1 aliphatic carbocycles. The van der Waals surface area contributed by atoms with Gasteiger partial charge in [-0.25, -0.2) is 0 Å². The van der Waals surface area contributed by atoms with E-state index in [9.17, 15) is 4.79 Å². The van der Waals surface area contributed by atoms with Crippen LogP contribution in [0, 0.1) is 0 Å². The fourth-order valence-corrected chi connectivity index (χ4v) is 4.22. The van der Waals surface area contributed by atoms with E-state index in [-0.39, 0.29) is 11.9 Å². The van der Waals surface area contributed by atoms with Crippen molar-refractivity contribution >= 4 is 11.5 Å². The summed E-state index contributed by atoms with van der Waals surface area (Å²) < 4.78 is 5.39. The van der Waals surface area contributed by atoms with Gasteiger partial charge in [-0.1, -0.05) is 31.6 Å². The zero-order chi connectivity index (χ0) is 22.1. The fourth-order valence-electron chi connectivity index (χ4n) is 4.22. The van der Waals surface area contributed by atoms with Crippen LogP contribution in [0.3, 0.4) is 0 Å². The number of carbonyl (C=O) groups is 1. The molecule has 0 radical (unpaired) electrons. The number of pyridine rings is 1. The predicted octanol–water partition coefficient (Wildman–Crippen LogP) is 5.67. The molecular formula is C27H34N2O2. The number of rotatable bonds is 10. The first-order valence-electron chi connectivity index (χ1n) is 11.4. The molecule has 0 spiro atoms. The number of allylic oxidation sites excluding steroid dienone is 3. The third-order valence-electron chi connectivity index (χ3n) is 5.84. The maximum Gasteiger partial charge on any atom is 0.244 e. The van der Waals surface area contributed by atoms with Crippen molar-refractivity contribution in [3.05, 3.63) is 77.1 Å². The van der Waals surface area contributed by atoms with E-state index in [1.54, 1.807) is 19.4 Å². The Labute approximate surface area is 186 Å². The molecule has 3 rings (SSSR count). The molecule has 0 bridgehead atoms. The van der Waals surface area contributed by atoms with Crippen molar-refractivity contribution < 1.29 is 9.53 Å². The number of hydrogen-bond acceptors (Lipinski definition) is 3. The number of benzene rings is 1. The summed E-state index contributed by atoms with van der Waals surface area (Å²) in [5, 5.41) is 3.11. The number of ether oxygens (including phenoxy) is 1. The summed E-state index contributed by atoms with van der Waals surface area (Å²) in [7, 11) is 1.71. The van der Waals surface area contributed by atoms with Crippen molar-refractivity contribution in [2.24, 2.45) is 0 Å². The van der Waals surface area contributed by atoms with Gasteiger partial charge in [0.2, 0.25) is 5.91 Å². The molecule has 4 nitrogen and oxygen atoms in total. The van der Waals surface area contributed by atoms with E-state index < -0.39 is 0 Å². The third kappa shape index (κ3) is 6.55. The van der Waals surface area contributed by atoms with Crippen LogP contribution in [0.1, 0.15) is 62.6 Å². The molecule has 1 aliphatic rings. The second kappa shape index (κ2) is 11.5. The van der Waals surface area contributed by atoms with Gasteiger partial charge in [0.05, 0.1) is 7.11 Å². The van der Waals surface area contributed by atoms with Crippen molar-refractivity contribution in [3.8, 4) is 5.75 Å². The largest absolute Gasteiger partial charge is 0.497 e. The number of aryl methyl sites for hydroxylation is 2. The minimum Gasteiger partial charge on any atom is -0.497 e. The summed E-state index contributed by atoms with van der Waals surface area (Å²) in [6, 6.07) is 10.5. The lowest BCUT2D eigenvalue weighted by Gasteiger charge is -2.22. The van der Waals surface area contributed by atoms with Crippen molar-refractivity contribution in [1.82, 2.24) is 10.3 Å². The van der Waals surface area contributed by atoms with Gasteiger partial charge in [-0.3, -0.25) is 9.78 Å². The summed E-state index contributed by atoms with van der Waals surface area (Å²) in [4.78, 5) is 16.6. The number of nitrogens with one attached hydrogen (secondary N) is 1. The molecule has 4 heteroatoms. The minimum absolute atomic E-state index is 0.0160. The zero-order valence-electron chi connectivity index (χ0n) is 19.0. The highest BCUT2D eigenvalue weighted by Gasteiger charge is 2.18. The molecule has 1 aromatic heterocycles. The van der Waals surface area contributed by atoms with Crippen LogP contribution >= 0.6 is 0 Å².